The summed E-state index contributed by atoms with van der Waals surface area (Å²) >= 11 is 0. The predicted octanol–water partition coefficient (Wildman–Crippen LogP) is 5.58. The van der Waals surface area contributed by atoms with Gasteiger partial charge in [-0.05, 0) is 0 Å². The summed E-state index contributed by atoms with van der Waals surface area (Å²) in [5.41, 5.74) is 0. The van der Waals surface area contributed by atoms with Gasteiger partial charge in [-0.3, -0.25) is 12.2 Å². The van der Waals surface area contributed by atoms with Gasteiger partial charge >= 0.3 is 25.8 Å². The minimum Gasteiger partial charge on any atom is -0.273 e. The molecule has 2 aromatic rings. The number of allylic oxidation sites excluding steroid dienone is 8. The van der Waals surface area contributed by atoms with E-state index in [0.29, 0.717) is 0 Å². The van der Waals surface area contributed by atoms with Gasteiger partial charge in [-0.2, -0.15) is 84.9 Å². The molecule has 4 rings (SSSR count). The fraction of sp³-hybridized carbons (Fsp3) is 0.0909. The minimum absolute atomic E-state index is 0. The van der Waals surface area contributed by atoms with Gasteiger partial charge in [0.05, 0.1) is 0 Å². The molecule has 0 radical (unpaired) electrons. The Hall–Kier alpha value is -1.73. The van der Waals surface area contributed by atoms with E-state index in [9.17, 15) is 0 Å². The number of hydrogen-bond acceptors (Lipinski definition) is 0. The van der Waals surface area contributed by atoms with Gasteiger partial charge in [-0.1, -0.05) is 0 Å². The average Bonchev–Trinajstić information content (AvgIpc) is 3.37. The third-order valence-corrected chi connectivity index (χ3v) is 2.39. The van der Waals surface area contributed by atoms with Crippen molar-refractivity contribution in [2.24, 2.45) is 0 Å². The third-order valence-electron chi connectivity index (χ3n) is 2.39. The Morgan fingerprint density at radius 3 is 1.00 bits per heavy atom. The van der Waals surface area contributed by atoms with Crippen LogP contribution >= 0.6 is 0 Å². The molecule has 0 unspecified atom stereocenters. The van der Waals surface area contributed by atoms with Crippen LogP contribution in [0.3, 0.4) is 0 Å². The first kappa shape index (κ1) is 21.3. The van der Waals surface area contributed by atoms with E-state index in [4.69, 9.17) is 0 Å². The summed E-state index contributed by atoms with van der Waals surface area (Å²) in [5.74, 6) is 0. The van der Waals surface area contributed by atoms with E-state index < -0.39 is 0 Å². The maximum atomic E-state index is 2.99. The van der Waals surface area contributed by atoms with Crippen LogP contribution in [-0.2, 0) is 25.8 Å². The quantitative estimate of drug-likeness (QED) is 0.354. The van der Waals surface area contributed by atoms with Gasteiger partial charge < -0.3 is 0 Å². The van der Waals surface area contributed by atoms with Crippen LogP contribution in [0.4, 0.5) is 0 Å². The molecule has 0 heterocycles. The summed E-state index contributed by atoms with van der Waals surface area (Å²) < 4.78 is 0. The zero-order valence-corrected chi connectivity index (χ0v) is 16.7. The molecule has 0 nitrogen and oxygen atoms in total. The number of rotatable bonds is 0. The summed E-state index contributed by atoms with van der Waals surface area (Å²) in [7, 11) is 0. The monoisotopic (exact) mass is 464 g/mol. The van der Waals surface area contributed by atoms with E-state index in [1.807, 2.05) is 85.0 Å². The SMILES string of the molecule is [C-]1=CC=CC1.[C-]1=CC=CC1.[Hf+4].[c-]1ccccc1.[c-]1ccccc1. The van der Waals surface area contributed by atoms with Crippen LogP contribution < -0.4 is 0 Å². The molecule has 0 spiro atoms. The molecule has 2 aromatic carbocycles. The Balaban J connectivity index is 0.000000278. The molecule has 1 heteroatoms. The standard InChI is InChI=1S/2C6H5.2C5H5.Hf/c2*1-2-4-6-5-3-1;2*1-2-4-5-3-1;/h2*1-5H;2*1-3H,4H2;/q4*-1;+4. The van der Waals surface area contributed by atoms with Crippen LogP contribution in [0.25, 0.3) is 0 Å². The fourth-order valence-corrected chi connectivity index (χ4v) is 1.36. The molecule has 2 aliphatic rings. The van der Waals surface area contributed by atoms with Crippen molar-refractivity contribution in [3.05, 3.63) is 121 Å². The summed E-state index contributed by atoms with van der Waals surface area (Å²) in [5, 5.41) is 0. The number of hydrogen-bond donors (Lipinski definition) is 0. The topological polar surface area (TPSA) is 0 Å². The van der Waals surface area contributed by atoms with E-state index in [1.54, 1.807) is 0 Å². The van der Waals surface area contributed by atoms with E-state index in [-0.39, 0.29) is 25.8 Å². The molecule has 112 valence electrons. The zero-order valence-electron chi connectivity index (χ0n) is 13.2. The van der Waals surface area contributed by atoms with Gasteiger partial charge in [-0.25, -0.2) is 24.3 Å². The molecule has 0 saturated heterocycles. The molecule has 0 aliphatic heterocycles. The summed E-state index contributed by atoms with van der Waals surface area (Å²) in [6.07, 6.45) is 20.0. The second-order valence-corrected chi connectivity index (χ2v) is 4.16. The van der Waals surface area contributed by atoms with E-state index in [1.165, 1.54) is 0 Å². The molecule has 2 aliphatic carbocycles. The normalized spacial score (nSPS) is 11.8. The summed E-state index contributed by atoms with van der Waals surface area (Å²) in [6, 6.07) is 25.0. The predicted molar refractivity (Wildman–Crippen MR) is 93.7 cm³/mol. The summed E-state index contributed by atoms with van der Waals surface area (Å²) in [6.45, 7) is 0. The van der Waals surface area contributed by atoms with Gasteiger partial charge in [0, 0.05) is 0 Å². The van der Waals surface area contributed by atoms with Gasteiger partial charge in [0.1, 0.15) is 0 Å². The van der Waals surface area contributed by atoms with Crippen molar-refractivity contribution < 1.29 is 25.8 Å². The molecule has 0 bridgehead atoms. The van der Waals surface area contributed by atoms with Crippen LogP contribution in [0.5, 0.6) is 0 Å². The maximum Gasteiger partial charge on any atom is 4.00 e. The first-order valence-electron chi connectivity index (χ1n) is 7.26. The van der Waals surface area contributed by atoms with E-state index >= 15 is 0 Å². The summed E-state index contributed by atoms with van der Waals surface area (Å²) in [4.78, 5) is 0. The molecule has 0 N–H and O–H groups in total. The smallest absolute Gasteiger partial charge is 0.273 e. The van der Waals surface area contributed by atoms with Gasteiger partial charge in [0.2, 0.25) is 0 Å². The molecule has 0 fully saturated rings. The van der Waals surface area contributed by atoms with Crippen molar-refractivity contribution in [2.45, 2.75) is 12.8 Å². The van der Waals surface area contributed by atoms with Crippen molar-refractivity contribution in [3.8, 4) is 0 Å². The average molecular weight is 463 g/mol. The molecular weight excluding hydrogens is 443 g/mol. The van der Waals surface area contributed by atoms with Gasteiger partial charge in [0.15, 0.2) is 0 Å². The maximum absolute atomic E-state index is 2.99. The largest absolute Gasteiger partial charge is 4.00 e. The fourth-order valence-electron chi connectivity index (χ4n) is 1.36. The Bertz CT molecular complexity index is 424. The molecule has 0 amide bonds. The Morgan fingerprint density at radius 2 is 0.913 bits per heavy atom. The first-order chi connectivity index (χ1) is 11.0. The number of benzene rings is 2. The Kier molecular flexibility index (Phi) is 16.9. The minimum atomic E-state index is 0. The molecule has 0 aromatic heterocycles. The zero-order chi connectivity index (χ0) is 15.6. The van der Waals surface area contributed by atoms with Crippen LogP contribution in [0.15, 0.2) is 97.1 Å². The van der Waals surface area contributed by atoms with Gasteiger partial charge in [-0.15, -0.1) is 12.8 Å². The van der Waals surface area contributed by atoms with Crippen molar-refractivity contribution in [1.29, 1.82) is 0 Å². The van der Waals surface area contributed by atoms with Crippen LogP contribution in [0, 0.1) is 24.3 Å². The third kappa shape index (κ3) is 16.5. The van der Waals surface area contributed by atoms with Crippen LogP contribution in [0.2, 0.25) is 0 Å². The molecule has 0 saturated carbocycles. The van der Waals surface area contributed by atoms with Crippen molar-refractivity contribution >= 4 is 0 Å². The van der Waals surface area contributed by atoms with Crippen molar-refractivity contribution in [3.63, 3.8) is 0 Å². The molecular formula is C22H20Hf. The van der Waals surface area contributed by atoms with E-state index in [0.717, 1.165) is 12.8 Å². The van der Waals surface area contributed by atoms with Gasteiger partial charge in [0.25, 0.3) is 0 Å². The Labute approximate surface area is 159 Å². The molecule has 0 atom stereocenters. The van der Waals surface area contributed by atoms with Crippen LogP contribution in [0.1, 0.15) is 12.8 Å². The molecule has 23 heavy (non-hydrogen) atoms. The van der Waals surface area contributed by atoms with Crippen molar-refractivity contribution in [2.75, 3.05) is 0 Å². The second kappa shape index (κ2) is 18.3. The van der Waals surface area contributed by atoms with Crippen LogP contribution in [-0.4, -0.2) is 0 Å². The first-order valence-corrected chi connectivity index (χ1v) is 7.26. The second-order valence-electron chi connectivity index (χ2n) is 4.16. The Morgan fingerprint density at radius 1 is 0.522 bits per heavy atom. The van der Waals surface area contributed by atoms with Crippen molar-refractivity contribution in [1.82, 2.24) is 0 Å². The van der Waals surface area contributed by atoms with E-state index in [2.05, 4.69) is 36.4 Å².